The van der Waals surface area contributed by atoms with Crippen LogP contribution >= 0.6 is 0 Å². The molecule has 0 saturated heterocycles. The molecule has 17 heavy (non-hydrogen) atoms. The van der Waals surface area contributed by atoms with Gasteiger partial charge in [-0.05, 0) is 26.0 Å². The minimum absolute atomic E-state index is 0.111. The predicted octanol–water partition coefficient (Wildman–Crippen LogP) is 1.10. The van der Waals surface area contributed by atoms with Crippen LogP contribution in [-0.4, -0.2) is 23.4 Å². The summed E-state index contributed by atoms with van der Waals surface area (Å²) in [6, 6.07) is 4.65. The molecule has 1 amide bonds. The van der Waals surface area contributed by atoms with Crippen LogP contribution in [0.2, 0.25) is 0 Å². The summed E-state index contributed by atoms with van der Waals surface area (Å²) in [5, 5.41) is 0. The third-order valence-electron chi connectivity index (χ3n) is 2.54. The third kappa shape index (κ3) is 4.03. The van der Waals surface area contributed by atoms with Gasteiger partial charge in [0.25, 0.3) is 0 Å². The Labute approximate surface area is 100 Å². The van der Waals surface area contributed by atoms with Gasteiger partial charge in [-0.1, -0.05) is 6.07 Å². The number of amides is 1. The molecule has 0 aromatic heterocycles. The van der Waals surface area contributed by atoms with Crippen molar-refractivity contribution in [3.8, 4) is 0 Å². The Hall–Kier alpha value is -1.62. The highest BCUT2D eigenvalue weighted by molar-refractivity contribution is 5.75. The van der Waals surface area contributed by atoms with Crippen molar-refractivity contribution in [1.29, 1.82) is 0 Å². The fourth-order valence-corrected chi connectivity index (χ4v) is 1.53. The van der Waals surface area contributed by atoms with Crippen LogP contribution in [0.3, 0.4) is 0 Å². The van der Waals surface area contributed by atoms with Crippen LogP contribution in [0.25, 0.3) is 0 Å². The van der Waals surface area contributed by atoms with Gasteiger partial charge in [0.2, 0.25) is 5.91 Å². The first-order valence-corrected chi connectivity index (χ1v) is 5.46. The molecule has 0 spiro atoms. The number of anilines is 1. The van der Waals surface area contributed by atoms with Gasteiger partial charge < -0.3 is 11.5 Å². The van der Waals surface area contributed by atoms with Crippen LogP contribution in [0.1, 0.15) is 19.4 Å². The quantitative estimate of drug-likeness (QED) is 0.756. The molecule has 0 heterocycles. The zero-order valence-electron chi connectivity index (χ0n) is 10.1. The van der Waals surface area contributed by atoms with E-state index in [1.54, 1.807) is 17.0 Å². The lowest BCUT2D eigenvalue weighted by molar-refractivity contribution is -0.119. The fraction of sp³-hybridized carbons (Fsp3) is 0.417. The van der Waals surface area contributed by atoms with E-state index >= 15 is 0 Å². The lowest BCUT2D eigenvalue weighted by atomic mass is 10.1. The Morgan fingerprint density at radius 1 is 1.47 bits per heavy atom. The molecule has 0 atom stereocenters. The van der Waals surface area contributed by atoms with Crippen molar-refractivity contribution in [3.05, 3.63) is 29.6 Å². The number of nitrogen functional groups attached to an aromatic ring is 1. The van der Waals surface area contributed by atoms with Crippen molar-refractivity contribution in [2.75, 3.05) is 12.3 Å². The first-order chi connectivity index (χ1) is 7.90. The molecule has 0 radical (unpaired) electrons. The Kier molecular flexibility index (Phi) is 4.45. The molecule has 1 rings (SSSR count). The average molecular weight is 239 g/mol. The molecule has 4 N–H and O–H groups in total. The van der Waals surface area contributed by atoms with Gasteiger partial charge in [-0.2, -0.15) is 0 Å². The second-order valence-corrected chi connectivity index (χ2v) is 4.32. The van der Waals surface area contributed by atoms with Gasteiger partial charge in [0, 0.05) is 23.8 Å². The Morgan fingerprint density at radius 3 is 2.59 bits per heavy atom. The summed E-state index contributed by atoms with van der Waals surface area (Å²) in [5.41, 5.74) is 11.5. The van der Waals surface area contributed by atoms with Crippen LogP contribution in [0, 0.1) is 5.82 Å². The minimum Gasteiger partial charge on any atom is -0.399 e. The zero-order chi connectivity index (χ0) is 13.0. The van der Waals surface area contributed by atoms with E-state index in [0.717, 1.165) is 0 Å². The highest BCUT2D eigenvalue weighted by atomic mass is 19.1. The molecule has 0 fully saturated rings. The number of nitrogens with zero attached hydrogens (tertiary/aromatic N) is 1. The molecular weight excluding hydrogens is 221 g/mol. The van der Waals surface area contributed by atoms with E-state index in [-0.39, 0.29) is 18.4 Å². The molecule has 0 aliphatic carbocycles. The lowest BCUT2D eigenvalue weighted by Gasteiger charge is -2.25. The molecule has 1 aromatic carbocycles. The van der Waals surface area contributed by atoms with Gasteiger partial charge in [-0.3, -0.25) is 9.69 Å². The van der Waals surface area contributed by atoms with Gasteiger partial charge in [-0.15, -0.1) is 0 Å². The number of halogens is 1. The Bertz CT molecular complexity index is 407. The highest BCUT2D eigenvalue weighted by Gasteiger charge is 2.14. The molecule has 5 heteroatoms. The molecule has 0 saturated carbocycles. The maximum atomic E-state index is 13.6. The summed E-state index contributed by atoms with van der Waals surface area (Å²) >= 11 is 0. The van der Waals surface area contributed by atoms with Gasteiger partial charge in [-0.25, -0.2) is 4.39 Å². The summed E-state index contributed by atoms with van der Waals surface area (Å²) in [6.45, 7) is 4.31. The van der Waals surface area contributed by atoms with Crippen LogP contribution in [-0.2, 0) is 11.3 Å². The molecule has 0 aliphatic heterocycles. The van der Waals surface area contributed by atoms with Crippen LogP contribution in [0.4, 0.5) is 10.1 Å². The second-order valence-electron chi connectivity index (χ2n) is 4.32. The number of hydrogen-bond acceptors (Lipinski definition) is 3. The number of carbonyl (C=O) groups is 1. The van der Waals surface area contributed by atoms with Crippen molar-refractivity contribution >= 4 is 11.6 Å². The molecule has 94 valence electrons. The number of primary amides is 1. The molecule has 1 aromatic rings. The van der Waals surface area contributed by atoms with E-state index in [1.165, 1.54) is 6.07 Å². The zero-order valence-corrected chi connectivity index (χ0v) is 10.1. The number of rotatable bonds is 5. The minimum atomic E-state index is -0.422. The standard InChI is InChI=1S/C12H18FN3O/c1-8(2)16(7-12(15)17)6-9-3-4-10(14)5-11(9)13/h3-5,8H,6-7,14H2,1-2H3,(H2,15,17). The van der Waals surface area contributed by atoms with Gasteiger partial charge in [0.1, 0.15) is 5.82 Å². The van der Waals surface area contributed by atoms with E-state index in [9.17, 15) is 9.18 Å². The van der Waals surface area contributed by atoms with Crippen molar-refractivity contribution < 1.29 is 9.18 Å². The van der Waals surface area contributed by atoms with Gasteiger partial charge in [0.05, 0.1) is 6.54 Å². The first kappa shape index (κ1) is 13.4. The number of hydrogen-bond donors (Lipinski definition) is 2. The molecule has 0 bridgehead atoms. The van der Waals surface area contributed by atoms with Crippen LogP contribution in [0.5, 0.6) is 0 Å². The van der Waals surface area contributed by atoms with E-state index < -0.39 is 5.91 Å². The lowest BCUT2D eigenvalue weighted by Crippen LogP contribution is -2.38. The Morgan fingerprint density at radius 2 is 2.12 bits per heavy atom. The largest absolute Gasteiger partial charge is 0.399 e. The summed E-state index contributed by atoms with van der Waals surface area (Å²) in [5.74, 6) is -0.783. The van der Waals surface area contributed by atoms with Crippen LogP contribution < -0.4 is 11.5 Å². The predicted molar refractivity (Wildman–Crippen MR) is 65.6 cm³/mol. The second kappa shape index (κ2) is 5.63. The van der Waals surface area contributed by atoms with Crippen molar-refractivity contribution in [3.63, 3.8) is 0 Å². The molecule has 4 nitrogen and oxygen atoms in total. The highest BCUT2D eigenvalue weighted by Crippen LogP contribution is 2.15. The summed E-state index contributed by atoms with van der Waals surface area (Å²) in [6.07, 6.45) is 0. The maximum absolute atomic E-state index is 13.6. The van der Waals surface area contributed by atoms with E-state index in [0.29, 0.717) is 17.8 Å². The average Bonchev–Trinajstić information content (AvgIpc) is 2.19. The molecular formula is C12H18FN3O. The van der Waals surface area contributed by atoms with E-state index in [2.05, 4.69) is 0 Å². The Balaban J connectivity index is 2.82. The van der Waals surface area contributed by atoms with Crippen molar-refractivity contribution in [2.24, 2.45) is 5.73 Å². The summed E-state index contributed by atoms with van der Waals surface area (Å²) in [7, 11) is 0. The molecule has 0 aliphatic rings. The number of nitrogens with two attached hydrogens (primary N) is 2. The summed E-state index contributed by atoms with van der Waals surface area (Å²) in [4.78, 5) is 12.7. The normalized spacial score (nSPS) is 11.1. The molecule has 0 unspecified atom stereocenters. The van der Waals surface area contributed by atoms with Crippen molar-refractivity contribution in [1.82, 2.24) is 4.90 Å². The van der Waals surface area contributed by atoms with Gasteiger partial charge in [0.15, 0.2) is 0 Å². The van der Waals surface area contributed by atoms with E-state index in [4.69, 9.17) is 11.5 Å². The maximum Gasteiger partial charge on any atom is 0.231 e. The topological polar surface area (TPSA) is 72.3 Å². The number of carbonyl (C=O) groups excluding carboxylic acids is 1. The smallest absolute Gasteiger partial charge is 0.231 e. The fourth-order valence-electron chi connectivity index (χ4n) is 1.53. The van der Waals surface area contributed by atoms with Crippen molar-refractivity contribution in [2.45, 2.75) is 26.4 Å². The van der Waals surface area contributed by atoms with E-state index in [1.807, 2.05) is 13.8 Å². The van der Waals surface area contributed by atoms with Gasteiger partial charge >= 0.3 is 0 Å². The monoisotopic (exact) mass is 239 g/mol. The summed E-state index contributed by atoms with van der Waals surface area (Å²) < 4.78 is 13.6. The van der Waals surface area contributed by atoms with Crippen LogP contribution in [0.15, 0.2) is 18.2 Å². The first-order valence-electron chi connectivity index (χ1n) is 5.46. The third-order valence-corrected chi connectivity index (χ3v) is 2.54. The SMILES string of the molecule is CC(C)N(CC(N)=O)Cc1ccc(N)cc1F. The number of benzene rings is 1.